The van der Waals surface area contributed by atoms with E-state index in [9.17, 15) is 4.79 Å². The van der Waals surface area contributed by atoms with E-state index >= 15 is 0 Å². The minimum atomic E-state index is -1.19. The van der Waals surface area contributed by atoms with E-state index in [0.29, 0.717) is 21.6 Å². The van der Waals surface area contributed by atoms with Crippen LogP contribution in [0.1, 0.15) is 41.8 Å². The molecule has 0 fully saturated rings. The molecule has 106 valence electrons. The minimum absolute atomic E-state index is 0.0248. The number of hydrogen-bond acceptors (Lipinski definition) is 3. The van der Waals surface area contributed by atoms with Gasteiger partial charge in [0.25, 0.3) is 5.82 Å². The highest BCUT2D eigenvalue weighted by Crippen LogP contribution is 2.32. The number of carbonyl (C=O) groups is 1. The average molecular weight is 314 g/mol. The zero-order valence-electron chi connectivity index (χ0n) is 11.2. The molecule has 0 unspecified atom stereocenters. The third kappa shape index (κ3) is 2.51. The summed E-state index contributed by atoms with van der Waals surface area (Å²) in [6.45, 7) is 5.62. The molecule has 0 saturated carbocycles. The largest absolute Gasteiger partial charge is 0.475 e. The monoisotopic (exact) mass is 313 g/mol. The number of hydrogen-bond donors (Lipinski definition) is 1. The Balaban J connectivity index is 2.75. The standard InChI is InChI=1S/C13H13Cl2N3O2/c1-6(2)12-16-11(13(19)20)17-18(12)10-8(14)5-4-7(3)9(10)15/h4-6H,1-3H3,(H,19,20). The van der Waals surface area contributed by atoms with Gasteiger partial charge in [-0.2, -0.15) is 0 Å². The van der Waals surface area contributed by atoms with Gasteiger partial charge < -0.3 is 5.11 Å². The molecule has 0 aliphatic carbocycles. The molecule has 1 aromatic heterocycles. The van der Waals surface area contributed by atoms with Gasteiger partial charge >= 0.3 is 5.97 Å². The fraction of sp³-hybridized carbons (Fsp3) is 0.308. The molecule has 7 heteroatoms. The number of carboxylic acid groups (broad SMARTS) is 1. The van der Waals surface area contributed by atoms with E-state index in [0.717, 1.165) is 5.56 Å². The molecule has 1 heterocycles. The predicted octanol–water partition coefficient (Wildman–Crippen LogP) is 3.70. The van der Waals surface area contributed by atoms with E-state index in [2.05, 4.69) is 10.1 Å². The number of nitrogens with zero attached hydrogens (tertiary/aromatic N) is 3. The van der Waals surface area contributed by atoms with Gasteiger partial charge in [0.1, 0.15) is 11.5 Å². The van der Waals surface area contributed by atoms with E-state index in [1.54, 1.807) is 12.1 Å². The molecule has 1 aromatic carbocycles. The molecule has 0 spiro atoms. The van der Waals surface area contributed by atoms with Gasteiger partial charge in [0.2, 0.25) is 0 Å². The van der Waals surface area contributed by atoms with E-state index in [1.165, 1.54) is 4.68 Å². The Hall–Kier alpha value is -1.59. The summed E-state index contributed by atoms with van der Waals surface area (Å²) in [5, 5.41) is 13.9. The lowest BCUT2D eigenvalue weighted by Gasteiger charge is -2.12. The maximum atomic E-state index is 11.1. The molecule has 0 aliphatic rings. The molecule has 0 aliphatic heterocycles. The van der Waals surface area contributed by atoms with E-state index in [4.69, 9.17) is 28.3 Å². The van der Waals surface area contributed by atoms with Gasteiger partial charge in [-0.15, -0.1) is 5.10 Å². The number of benzene rings is 1. The molecule has 0 radical (unpaired) electrons. The first-order chi connectivity index (χ1) is 9.32. The van der Waals surface area contributed by atoms with Crippen molar-refractivity contribution in [2.45, 2.75) is 26.7 Å². The van der Waals surface area contributed by atoms with Crippen LogP contribution in [0, 0.1) is 6.92 Å². The van der Waals surface area contributed by atoms with Crippen molar-refractivity contribution in [3.8, 4) is 5.69 Å². The van der Waals surface area contributed by atoms with Crippen LogP contribution in [0.2, 0.25) is 10.0 Å². The number of aromatic carboxylic acids is 1. The third-order valence-electron chi connectivity index (χ3n) is 2.81. The zero-order valence-corrected chi connectivity index (χ0v) is 12.7. The topological polar surface area (TPSA) is 68.0 Å². The van der Waals surface area contributed by atoms with Crippen LogP contribution in [-0.4, -0.2) is 25.8 Å². The maximum Gasteiger partial charge on any atom is 0.375 e. The number of aryl methyl sites for hydroxylation is 1. The Labute approximate surface area is 126 Å². The summed E-state index contributed by atoms with van der Waals surface area (Å²) in [5.74, 6) is -0.993. The summed E-state index contributed by atoms with van der Waals surface area (Å²) < 4.78 is 1.41. The van der Waals surface area contributed by atoms with Gasteiger partial charge in [-0.25, -0.2) is 14.5 Å². The van der Waals surface area contributed by atoms with Gasteiger partial charge in [-0.05, 0) is 18.6 Å². The highest BCUT2D eigenvalue weighted by Gasteiger charge is 2.22. The molecular formula is C13H13Cl2N3O2. The van der Waals surface area contributed by atoms with Gasteiger partial charge in [0.15, 0.2) is 0 Å². The predicted molar refractivity (Wildman–Crippen MR) is 77.2 cm³/mol. The maximum absolute atomic E-state index is 11.1. The van der Waals surface area contributed by atoms with Crippen molar-refractivity contribution in [3.05, 3.63) is 39.4 Å². The number of aromatic nitrogens is 3. The highest BCUT2D eigenvalue weighted by atomic mass is 35.5. The van der Waals surface area contributed by atoms with Crippen LogP contribution >= 0.6 is 23.2 Å². The summed E-state index contributed by atoms with van der Waals surface area (Å²) in [6, 6.07) is 3.49. The molecule has 2 rings (SSSR count). The quantitative estimate of drug-likeness (QED) is 0.938. The van der Waals surface area contributed by atoms with Gasteiger partial charge in [0, 0.05) is 5.92 Å². The summed E-state index contributed by atoms with van der Waals surface area (Å²) in [4.78, 5) is 15.1. The van der Waals surface area contributed by atoms with Crippen molar-refractivity contribution >= 4 is 29.2 Å². The van der Waals surface area contributed by atoms with Crippen LogP contribution < -0.4 is 0 Å². The van der Waals surface area contributed by atoms with E-state index < -0.39 is 5.97 Å². The fourth-order valence-electron chi connectivity index (χ4n) is 1.79. The van der Waals surface area contributed by atoms with Crippen molar-refractivity contribution in [1.29, 1.82) is 0 Å². The van der Waals surface area contributed by atoms with E-state index in [1.807, 2.05) is 20.8 Å². The number of carboxylic acids is 1. The molecule has 0 bridgehead atoms. The number of rotatable bonds is 3. The normalized spacial score (nSPS) is 11.1. The van der Waals surface area contributed by atoms with Gasteiger partial charge in [0.05, 0.1) is 10.0 Å². The van der Waals surface area contributed by atoms with Gasteiger partial charge in [-0.3, -0.25) is 0 Å². The minimum Gasteiger partial charge on any atom is -0.475 e. The van der Waals surface area contributed by atoms with Crippen LogP contribution in [0.25, 0.3) is 5.69 Å². The molecule has 2 aromatic rings. The van der Waals surface area contributed by atoms with Crippen molar-refractivity contribution in [2.75, 3.05) is 0 Å². The molecule has 1 N–H and O–H groups in total. The average Bonchev–Trinajstić information content (AvgIpc) is 2.79. The summed E-state index contributed by atoms with van der Waals surface area (Å²) in [6.07, 6.45) is 0. The van der Waals surface area contributed by atoms with Crippen molar-refractivity contribution in [3.63, 3.8) is 0 Å². The molecule has 0 saturated heterocycles. The second kappa shape index (κ2) is 5.42. The lowest BCUT2D eigenvalue weighted by molar-refractivity contribution is 0.0683. The second-order valence-electron chi connectivity index (χ2n) is 4.69. The number of halogens is 2. The lowest BCUT2D eigenvalue weighted by Crippen LogP contribution is -2.07. The first-order valence-electron chi connectivity index (χ1n) is 5.98. The Morgan fingerprint density at radius 1 is 1.35 bits per heavy atom. The van der Waals surface area contributed by atoms with Crippen LogP contribution in [-0.2, 0) is 0 Å². The van der Waals surface area contributed by atoms with Gasteiger partial charge in [-0.1, -0.05) is 43.1 Å². The molecule has 0 atom stereocenters. The first kappa shape index (κ1) is 14.8. The highest BCUT2D eigenvalue weighted by molar-refractivity contribution is 6.38. The Bertz CT molecular complexity index is 680. The Morgan fingerprint density at radius 2 is 2.00 bits per heavy atom. The molecular weight excluding hydrogens is 301 g/mol. The van der Waals surface area contributed by atoms with Crippen LogP contribution in [0.15, 0.2) is 12.1 Å². The zero-order chi connectivity index (χ0) is 15.0. The Morgan fingerprint density at radius 3 is 2.55 bits per heavy atom. The first-order valence-corrected chi connectivity index (χ1v) is 6.73. The Kier molecular flexibility index (Phi) is 4.01. The third-order valence-corrected chi connectivity index (χ3v) is 3.59. The van der Waals surface area contributed by atoms with Crippen molar-refractivity contribution in [1.82, 2.24) is 14.8 Å². The van der Waals surface area contributed by atoms with Crippen LogP contribution in [0.4, 0.5) is 0 Å². The second-order valence-corrected chi connectivity index (χ2v) is 5.48. The summed E-state index contributed by atoms with van der Waals surface area (Å²) in [7, 11) is 0. The van der Waals surface area contributed by atoms with Crippen LogP contribution in [0.5, 0.6) is 0 Å². The van der Waals surface area contributed by atoms with E-state index in [-0.39, 0.29) is 11.7 Å². The molecule has 20 heavy (non-hydrogen) atoms. The lowest BCUT2D eigenvalue weighted by atomic mass is 10.2. The molecule has 0 amide bonds. The molecule has 5 nitrogen and oxygen atoms in total. The van der Waals surface area contributed by atoms with Crippen LogP contribution in [0.3, 0.4) is 0 Å². The van der Waals surface area contributed by atoms with Crippen molar-refractivity contribution in [2.24, 2.45) is 0 Å². The summed E-state index contributed by atoms with van der Waals surface area (Å²) in [5.41, 5.74) is 1.28. The fourth-order valence-corrected chi connectivity index (χ4v) is 2.32. The summed E-state index contributed by atoms with van der Waals surface area (Å²) >= 11 is 12.5. The van der Waals surface area contributed by atoms with Crippen molar-refractivity contribution < 1.29 is 9.90 Å². The smallest absolute Gasteiger partial charge is 0.375 e. The SMILES string of the molecule is Cc1ccc(Cl)c(-n2nc(C(=O)O)nc2C(C)C)c1Cl.